The Morgan fingerprint density at radius 2 is 2.29 bits per heavy atom. The smallest absolute Gasteiger partial charge is 0.251 e. The van der Waals surface area contributed by atoms with E-state index in [4.69, 9.17) is 0 Å². The van der Waals surface area contributed by atoms with Gasteiger partial charge in [0.2, 0.25) is 0 Å². The van der Waals surface area contributed by atoms with Crippen molar-refractivity contribution in [3.05, 3.63) is 34.9 Å². The van der Waals surface area contributed by atoms with Crippen LogP contribution in [-0.2, 0) is 13.0 Å². The van der Waals surface area contributed by atoms with E-state index in [1.807, 2.05) is 12.1 Å². The molecule has 1 aliphatic heterocycles. The second-order valence-corrected chi connectivity index (χ2v) is 4.97. The number of carbonyl (C=O) groups is 1. The van der Waals surface area contributed by atoms with Gasteiger partial charge >= 0.3 is 0 Å². The maximum atomic E-state index is 12.1. The minimum Gasteiger partial charge on any atom is -0.352 e. The van der Waals surface area contributed by atoms with Crippen LogP contribution in [0.25, 0.3) is 0 Å². The molecule has 0 unspecified atom stereocenters. The second-order valence-electron chi connectivity index (χ2n) is 4.97. The number of rotatable bonds is 3. The van der Waals surface area contributed by atoms with Crippen LogP contribution in [0.15, 0.2) is 18.2 Å². The van der Waals surface area contributed by atoms with E-state index in [9.17, 15) is 4.79 Å². The average Bonchev–Trinajstić information content (AvgIpc) is 2.35. The van der Waals surface area contributed by atoms with Crippen molar-refractivity contribution in [2.75, 3.05) is 13.1 Å². The summed E-state index contributed by atoms with van der Waals surface area (Å²) in [5.41, 5.74) is 3.30. The molecule has 0 saturated heterocycles. The molecule has 2 rings (SSSR count). The molecule has 0 fully saturated rings. The summed E-state index contributed by atoms with van der Waals surface area (Å²) in [6, 6.07) is 6.02. The van der Waals surface area contributed by atoms with Gasteiger partial charge < -0.3 is 10.6 Å². The van der Waals surface area contributed by atoms with E-state index in [0.29, 0.717) is 5.92 Å². The van der Waals surface area contributed by atoms with E-state index in [0.717, 1.165) is 31.6 Å². The lowest BCUT2D eigenvalue weighted by molar-refractivity contribution is 0.0947. The summed E-state index contributed by atoms with van der Waals surface area (Å²) in [6.45, 7) is 6.74. The van der Waals surface area contributed by atoms with Crippen molar-refractivity contribution < 1.29 is 4.79 Å². The van der Waals surface area contributed by atoms with Gasteiger partial charge in [0, 0.05) is 18.7 Å². The zero-order valence-corrected chi connectivity index (χ0v) is 10.5. The van der Waals surface area contributed by atoms with Gasteiger partial charge in [-0.15, -0.1) is 0 Å². The highest BCUT2D eigenvalue weighted by Crippen LogP contribution is 2.18. The number of fused-ring (bicyclic) bond motifs is 1. The number of hydrogen-bond donors (Lipinski definition) is 2. The van der Waals surface area contributed by atoms with Crippen LogP contribution in [0, 0.1) is 5.92 Å². The van der Waals surface area contributed by atoms with E-state index < -0.39 is 0 Å². The van der Waals surface area contributed by atoms with Crippen LogP contribution in [0.1, 0.15) is 35.3 Å². The second kappa shape index (κ2) is 5.32. The molecule has 1 aliphatic rings. The summed E-state index contributed by atoms with van der Waals surface area (Å²) < 4.78 is 0. The molecule has 0 radical (unpaired) electrons. The molecule has 1 aromatic carbocycles. The van der Waals surface area contributed by atoms with Crippen molar-refractivity contribution in [3.63, 3.8) is 0 Å². The van der Waals surface area contributed by atoms with Gasteiger partial charge in [-0.05, 0) is 36.1 Å². The lowest BCUT2D eigenvalue weighted by atomic mass is 9.95. The molecule has 0 aliphatic carbocycles. The van der Waals surface area contributed by atoms with Gasteiger partial charge in [0.25, 0.3) is 5.91 Å². The molecular formula is C14H20N2O. The zero-order chi connectivity index (χ0) is 12.3. The molecule has 2 N–H and O–H groups in total. The molecule has 92 valence electrons. The Bertz CT molecular complexity index is 413. The van der Waals surface area contributed by atoms with E-state index in [1.165, 1.54) is 11.1 Å². The molecule has 17 heavy (non-hydrogen) atoms. The quantitative estimate of drug-likeness (QED) is 0.833. The Labute approximate surface area is 103 Å². The Morgan fingerprint density at radius 1 is 1.47 bits per heavy atom. The number of nitrogens with one attached hydrogen (secondary N) is 2. The Morgan fingerprint density at radius 3 is 3.06 bits per heavy atom. The van der Waals surface area contributed by atoms with Gasteiger partial charge in [-0.3, -0.25) is 4.79 Å². The summed E-state index contributed by atoms with van der Waals surface area (Å²) in [6.07, 6.45) is 1.01. The largest absolute Gasteiger partial charge is 0.352 e. The first-order valence-electron chi connectivity index (χ1n) is 6.28. The first kappa shape index (κ1) is 12.1. The summed E-state index contributed by atoms with van der Waals surface area (Å²) in [5.74, 6) is 0.538. The molecule has 0 saturated carbocycles. The lowest BCUT2D eigenvalue weighted by Gasteiger charge is -2.20. The molecule has 3 nitrogen and oxygen atoms in total. The van der Waals surface area contributed by atoms with Crippen molar-refractivity contribution >= 4 is 5.91 Å². The maximum absolute atomic E-state index is 12.1. The first-order valence-corrected chi connectivity index (χ1v) is 6.28. The van der Waals surface area contributed by atoms with Gasteiger partial charge in [-0.1, -0.05) is 26.0 Å². The van der Waals surface area contributed by atoms with E-state index in [2.05, 4.69) is 30.5 Å². The minimum atomic E-state index is 0.0549. The van der Waals surface area contributed by atoms with Gasteiger partial charge in [-0.25, -0.2) is 0 Å². The van der Waals surface area contributed by atoms with Crippen LogP contribution < -0.4 is 10.6 Å². The third-order valence-corrected chi connectivity index (χ3v) is 3.06. The van der Waals surface area contributed by atoms with Crippen LogP contribution in [0.4, 0.5) is 0 Å². The summed E-state index contributed by atoms with van der Waals surface area (Å²) in [5, 5.41) is 6.30. The monoisotopic (exact) mass is 232 g/mol. The minimum absolute atomic E-state index is 0.0549. The number of hydrogen-bond acceptors (Lipinski definition) is 2. The zero-order valence-electron chi connectivity index (χ0n) is 10.5. The fraction of sp³-hybridized carbons (Fsp3) is 0.500. The number of benzene rings is 1. The van der Waals surface area contributed by atoms with Crippen molar-refractivity contribution in [1.29, 1.82) is 0 Å². The van der Waals surface area contributed by atoms with Crippen molar-refractivity contribution in [3.8, 4) is 0 Å². The fourth-order valence-corrected chi connectivity index (χ4v) is 2.12. The first-order chi connectivity index (χ1) is 8.18. The highest BCUT2D eigenvalue weighted by atomic mass is 16.1. The summed E-state index contributed by atoms with van der Waals surface area (Å²) in [4.78, 5) is 12.1. The Balaban J connectivity index is 2.17. The highest BCUT2D eigenvalue weighted by Gasteiger charge is 2.16. The molecule has 0 aromatic heterocycles. The fourth-order valence-electron chi connectivity index (χ4n) is 2.12. The maximum Gasteiger partial charge on any atom is 0.251 e. The predicted molar refractivity (Wildman–Crippen MR) is 69.0 cm³/mol. The van der Waals surface area contributed by atoms with Gasteiger partial charge in [-0.2, -0.15) is 0 Å². The van der Waals surface area contributed by atoms with E-state index >= 15 is 0 Å². The molecule has 1 aromatic rings. The van der Waals surface area contributed by atoms with E-state index in [-0.39, 0.29) is 5.91 Å². The number of amides is 1. The third kappa shape index (κ3) is 2.86. The molecule has 0 atom stereocenters. The molecule has 1 amide bonds. The third-order valence-electron chi connectivity index (χ3n) is 3.06. The van der Waals surface area contributed by atoms with Gasteiger partial charge in [0.15, 0.2) is 0 Å². The van der Waals surface area contributed by atoms with Crippen LogP contribution in [0.2, 0.25) is 0 Å². The van der Waals surface area contributed by atoms with Crippen molar-refractivity contribution in [2.45, 2.75) is 26.8 Å². The standard InChI is InChI=1S/C14H20N2O/c1-10(2)8-16-14(17)12-5-3-4-11-6-7-15-9-13(11)12/h3-5,10,15H,6-9H2,1-2H3,(H,16,17). The molecule has 0 spiro atoms. The van der Waals surface area contributed by atoms with Crippen LogP contribution in [-0.4, -0.2) is 19.0 Å². The summed E-state index contributed by atoms with van der Waals surface area (Å²) >= 11 is 0. The van der Waals surface area contributed by atoms with E-state index in [1.54, 1.807) is 0 Å². The van der Waals surface area contributed by atoms with Gasteiger partial charge in [0.1, 0.15) is 0 Å². The Hall–Kier alpha value is -1.35. The predicted octanol–water partition coefficient (Wildman–Crippen LogP) is 1.72. The van der Waals surface area contributed by atoms with Crippen molar-refractivity contribution in [1.82, 2.24) is 10.6 Å². The molecule has 0 bridgehead atoms. The van der Waals surface area contributed by atoms with Crippen molar-refractivity contribution in [2.24, 2.45) is 5.92 Å². The van der Waals surface area contributed by atoms with Gasteiger partial charge in [0.05, 0.1) is 0 Å². The van der Waals surface area contributed by atoms with Crippen LogP contribution in [0.3, 0.4) is 0 Å². The molecular weight excluding hydrogens is 212 g/mol. The van der Waals surface area contributed by atoms with Crippen LogP contribution in [0.5, 0.6) is 0 Å². The topological polar surface area (TPSA) is 41.1 Å². The number of carbonyl (C=O) groups excluding carboxylic acids is 1. The lowest BCUT2D eigenvalue weighted by Crippen LogP contribution is -2.31. The molecule has 1 heterocycles. The summed E-state index contributed by atoms with van der Waals surface area (Å²) in [7, 11) is 0. The molecule has 3 heteroatoms. The normalized spacial score (nSPS) is 14.5. The SMILES string of the molecule is CC(C)CNC(=O)c1cccc2c1CNCC2. The highest BCUT2D eigenvalue weighted by molar-refractivity contribution is 5.96. The average molecular weight is 232 g/mol. The van der Waals surface area contributed by atoms with Crippen LogP contribution >= 0.6 is 0 Å². The Kier molecular flexibility index (Phi) is 3.79.